The lowest BCUT2D eigenvalue weighted by molar-refractivity contribution is -0.161. The van der Waals surface area contributed by atoms with Gasteiger partial charge >= 0.3 is 0 Å². The highest BCUT2D eigenvalue weighted by Crippen LogP contribution is 2.22. The number of anilines is 1. The zero-order chi connectivity index (χ0) is 16.3. The van der Waals surface area contributed by atoms with Crippen LogP contribution >= 0.6 is 23.6 Å². The Morgan fingerprint density at radius 1 is 1.57 bits per heavy atom. The molecule has 0 radical (unpaired) electrons. The lowest BCUT2D eigenvalue weighted by atomic mass is 10.0. The Morgan fingerprint density at radius 2 is 2.19 bits per heavy atom. The molecule has 0 aliphatic rings. The molecule has 0 bridgehead atoms. The molecule has 1 aromatic heterocycles. The molecule has 1 amide bonds. The average Bonchev–Trinajstić information content (AvgIpc) is 2.78. The first kappa shape index (κ1) is 17.7. The van der Waals surface area contributed by atoms with Crippen LogP contribution in [0.4, 0.5) is 5.13 Å². The zero-order valence-electron chi connectivity index (χ0n) is 12.2. The number of carbonyl (C=O) groups excluding carboxylic acids is 2. The standard InChI is InChI=1S/C11H19N5O3S2/c1-10(2,3)19-11(12,5-17)6(7(18)13-4)14-8-15-16-9(20)21-8/h5-6H,12H2,1-4H3,(H,13,18)(H,14,15)(H,16,20). The molecule has 2 atom stereocenters. The number of hydrogen-bond acceptors (Lipinski definition) is 8. The first-order valence-corrected chi connectivity index (χ1v) is 7.33. The second kappa shape index (κ2) is 6.60. The molecule has 118 valence electrons. The van der Waals surface area contributed by atoms with E-state index in [1.54, 1.807) is 20.8 Å². The SMILES string of the molecule is CNC(=O)C(Nc1n[nH]c(=S)s1)C(N)(C=O)OC(C)(C)C. The van der Waals surface area contributed by atoms with Crippen LogP contribution in [0.1, 0.15) is 20.8 Å². The lowest BCUT2D eigenvalue weighted by Gasteiger charge is -2.37. The van der Waals surface area contributed by atoms with Crippen molar-refractivity contribution in [1.82, 2.24) is 15.5 Å². The van der Waals surface area contributed by atoms with E-state index in [1.807, 2.05) is 0 Å². The van der Waals surface area contributed by atoms with Gasteiger partial charge in [0.15, 0.2) is 16.3 Å². The van der Waals surface area contributed by atoms with E-state index >= 15 is 0 Å². The van der Waals surface area contributed by atoms with Gasteiger partial charge in [-0.15, -0.1) is 5.10 Å². The van der Waals surface area contributed by atoms with Crippen molar-refractivity contribution in [3.05, 3.63) is 3.95 Å². The first-order chi connectivity index (χ1) is 9.61. The molecule has 1 rings (SSSR count). The second-order valence-electron chi connectivity index (χ2n) is 5.30. The maximum atomic E-state index is 12.1. The van der Waals surface area contributed by atoms with Crippen molar-refractivity contribution < 1.29 is 14.3 Å². The fourth-order valence-electron chi connectivity index (χ4n) is 1.62. The van der Waals surface area contributed by atoms with E-state index < -0.39 is 23.3 Å². The highest BCUT2D eigenvalue weighted by atomic mass is 32.1. The van der Waals surface area contributed by atoms with Crippen molar-refractivity contribution in [3.8, 4) is 0 Å². The fraction of sp³-hybridized carbons (Fsp3) is 0.636. The van der Waals surface area contributed by atoms with E-state index in [9.17, 15) is 9.59 Å². The maximum Gasteiger partial charge on any atom is 0.247 e. The summed E-state index contributed by atoms with van der Waals surface area (Å²) < 4.78 is 5.99. The average molecular weight is 333 g/mol. The largest absolute Gasteiger partial charge is 0.357 e. The number of hydrogen-bond donors (Lipinski definition) is 4. The maximum absolute atomic E-state index is 12.1. The van der Waals surface area contributed by atoms with E-state index in [4.69, 9.17) is 22.7 Å². The topological polar surface area (TPSA) is 122 Å². The molecule has 0 aliphatic heterocycles. The van der Waals surface area contributed by atoms with Crippen LogP contribution in [-0.4, -0.2) is 46.8 Å². The number of rotatable bonds is 6. The quantitative estimate of drug-likeness (QED) is 0.337. The van der Waals surface area contributed by atoms with Crippen molar-refractivity contribution >= 4 is 40.9 Å². The smallest absolute Gasteiger partial charge is 0.247 e. The number of nitrogens with one attached hydrogen (secondary N) is 3. The molecule has 1 aromatic rings. The second-order valence-corrected chi connectivity index (χ2v) is 6.96. The molecular formula is C11H19N5O3S2. The van der Waals surface area contributed by atoms with Crippen LogP contribution in [0.2, 0.25) is 0 Å². The van der Waals surface area contributed by atoms with Gasteiger partial charge in [0.1, 0.15) is 0 Å². The molecule has 0 spiro atoms. The molecule has 0 fully saturated rings. The van der Waals surface area contributed by atoms with E-state index in [-0.39, 0.29) is 0 Å². The summed E-state index contributed by atoms with van der Waals surface area (Å²) in [6.45, 7) is 5.20. The van der Waals surface area contributed by atoms with Crippen molar-refractivity contribution in [3.63, 3.8) is 0 Å². The number of H-pyrrole nitrogens is 1. The summed E-state index contributed by atoms with van der Waals surface area (Å²) in [7, 11) is 1.44. The summed E-state index contributed by atoms with van der Waals surface area (Å²) >= 11 is 6.04. The van der Waals surface area contributed by atoms with E-state index in [1.165, 1.54) is 7.05 Å². The molecule has 10 heteroatoms. The van der Waals surface area contributed by atoms with Gasteiger partial charge in [-0.2, -0.15) is 0 Å². The van der Waals surface area contributed by atoms with Gasteiger partial charge in [-0.3, -0.25) is 20.4 Å². The summed E-state index contributed by atoms with van der Waals surface area (Å²) in [5, 5.41) is 12.0. The first-order valence-electron chi connectivity index (χ1n) is 6.10. The third kappa shape index (κ3) is 4.84. The molecule has 8 nitrogen and oxygen atoms in total. The van der Waals surface area contributed by atoms with Crippen LogP contribution in [-0.2, 0) is 14.3 Å². The number of amides is 1. The van der Waals surface area contributed by atoms with Crippen LogP contribution in [0.5, 0.6) is 0 Å². The van der Waals surface area contributed by atoms with Crippen molar-refractivity contribution in [1.29, 1.82) is 0 Å². The van der Waals surface area contributed by atoms with E-state index in [0.29, 0.717) is 15.4 Å². The third-order valence-corrected chi connectivity index (χ3v) is 3.35. The van der Waals surface area contributed by atoms with Crippen LogP contribution in [0.3, 0.4) is 0 Å². The predicted octanol–water partition coefficient (Wildman–Crippen LogP) is 0.396. The van der Waals surface area contributed by atoms with Gasteiger partial charge in [0.2, 0.25) is 16.8 Å². The van der Waals surface area contributed by atoms with Crippen LogP contribution in [0.25, 0.3) is 0 Å². The Labute approximate surface area is 131 Å². The molecule has 5 N–H and O–H groups in total. The summed E-state index contributed by atoms with van der Waals surface area (Å²) in [6, 6.07) is -1.16. The highest BCUT2D eigenvalue weighted by Gasteiger charge is 2.44. The Kier molecular flexibility index (Phi) is 5.56. The van der Waals surface area contributed by atoms with Gasteiger partial charge in [0.25, 0.3) is 0 Å². The summed E-state index contributed by atoms with van der Waals surface area (Å²) in [4.78, 5) is 23.5. The number of aromatic amines is 1. The van der Waals surface area contributed by atoms with E-state index in [0.717, 1.165) is 11.3 Å². The van der Waals surface area contributed by atoms with E-state index in [2.05, 4.69) is 20.8 Å². The lowest BCUT2D eigenvalue weighted by Crippen LogP contribution is -2.65. The Balaban J connectivity index is 3.12. The predicted molar refractivity (Wildman–Crippen MR) is 82.6 cm³/mol. The minimum absolute atomic E-state index is 0.336. The Hall–Kier alpha value is -1.36. The molecule has 0 aliphatic carbocycles. The monoisotopic (exact) mass is 333 g/mol. The zero-order valence-corrected chi connectivity index (χ0v) is 13.9. The minimum atomic E-state index is -1.86. The third-order valence-electron chi connectivity index (χ3n) is 2.33. The molecule has 2 unspecified atom stereocenters. The van der Waals surface area contributed by atoms with Gasteiger partial charge in [-0.25, -0.2) is 0 Å². The number of aldehydes is 1. The number of ether oxygens (including phenoxy) is 1. The number of carbonyl (C=O) groups is 2. The summed E-state index contributed by atoms with van der Waals surface area (Å²) in [6.07, 6.45) is 0.400. The molecule has 1 heterocycles. The van der Waals surface area contributed by atoms with Gasteiger partial charge in [-0.1, -0.05) is 11.3 Å². The van der Waals surface area contributed by atoms with Gasteiger partial charge in [-0.05, 0) is 33.0 Å². The van der Waals surface area contributed by atoms with Crippen LogP contribution in [0.15, 0.2) is 0 Å². The van der Waals surface area contributed by atoms with Gasteiger partial charge < -0.3 is 15.4 Å². The molecule has 0 aromatic carbocycles. The minimum Gasteiger partial charge on any atom is -0.357 e. The number of aromatic nitrogens is 2. The van der Waals surface area contributed by atoms with Crippen molar-refractivity contribution in [2.24, 2.45) is 5.73 Å². The van der Waals surface area contributed by atoms with Gasteiger partial charge in [0.05, 0.1) is 5.60 Å². The fourth-order valence-corrected chi connectivity index (χ4v) is 2.44. The van der Waals surface area contributed by atoms with Crippen molar-refractivity contribution in [2.45, 2.75) is 38.1 Å². The highest BCUT2D eigenvalue weighted by molar-refractivity contribution is 7.73. The van der Waals surface area contributed by atoms with Crippen LogP contribution in [0, 0.1) is 3.95 Å². The van der Waals surface area contributed by atoms with Gasteiger partial charge in [0, 0.05) is 7.05 Å². The molecular weight excluding hydrogens is 314 g/mol. The number of nitrogens with zero attached hydrogens (tertiary/aromatic N) is 1. The normalized spacial score (nSPS) is 15.9. The molecule has 0 saturated heterocycles. The molecule has 21 heavy (non-hydrogen) atoms. The van der Waals surface area contributed by atoms with Crippen LogP contribution < -0.4 is 16.4 Å². The summed E-state index contributed by atoms with van der Waals surface area (Å²) in [5.41, 5.74) is 3.41. The summed E-state index contributed by atoms with van der Waals surface area (Å²) in [5.74, 6) is -0.505. The number of nitrogens with two attached hydrogens (primary N) is 1. The van der Waals surface area contributed by atoms with Crippen molar-refractivity contribution in [2.75, 3.05) is 12.4 Å². The number of likely N-dealkylation sites (N-methyl/N-ethyl adjacent to an activating group) is 1. The molecule has 0 saturated carbocycles. The Morgan fingerprint density at radius 3 is 2.57 bits per heavy atom. The Bertz CT molecular complexity index is 565.